The summed E-state index contributed by atoms with van der Waals surface area (Å²) < 4.78 is 4.90. The Bertz CT molecular complexity index is 358. The number of nitrogens with one attached hydrogen (secondary N) is 2. The summed E-state index contributed by atoms with van der Waals surface area (Å²) >= 11 is 0. The van der Waals surface area contributed by atoms with Crippen LogP contribution in [0.5, 0.6) is 0 Å². The molecular weight excluding hydrogens is 206 g/mol. The van der Waals surface area contributed by atoms with Crippen LogP contribution in [0.25, 0.3) is 0 Å². The van der Waals surface area contributed by atoms with Crippen molar-refractivity contribution < 1.29 is 9.32 Å². The molecule has 1 amide bonds. The average Bonchev–Trinajstić information content (AvgIpc) is 2.98. The van der Waals surface area contributed by atoms with Crippen LogP contribution in [0.4, 0.5) is 0 Å². The highest BCUT2D eigenvalue weighted by atomic mass is 16.5. The third-order valence-corrected chi connectivity index (χ3v) is 2.51. The Balaban J connectivity index is 1.59. The molecule has 0 saturated heterocycles. The van der Waals surface area contributed by atoms with Crippen LogP contribution in [-0.2, 0) is 11.3 Å². The maximum atomic E-state index is 11.4. The van der Waals surface area contributed by atoms with Gasteiger partial charge in [-0.1, -0.05) is 5.16 Å². The summed E-state index contributed by atoms with van der Waals surface area (Å²) in [6.07, 6.45) is 3.02. The van der Waals surface area contributed by atoms with Crippen molar-refractivity contribution in [2.75, 3.05) is 6.54 Å². The Hall–Kier alpha value is -1.36. The fraction of sp³-hybridized carbons (Fsp3) is 0.636. The van der Waals surface area contributed by atoms with Gasteiger partial charge in [-0.15, -0.1) is 0 Å². The van der Waals surface area contributed by atoms with E-state index in [2.05, 4.69) is 15.8 Å². The van der Waals surface area contributed by atoms with Crippen molar-refractivity contribution in [2.45, 2.75) is 38.8 Å². The third-order valence-electron chi connectivity index (χ3n) is 2.51. The molecule has 16 heavy (non-hydrogen) atoms. The van der Waals surface area contributed by atoms with Gasteiger partial charge >= 0.3 is 0 Å². The predicted molar refractivity (Wildman–Crippen MR) is 58.7 cm³/mol. The first-order valence-corrected chi connectivity index (χ1v) is 5.66. The van der Waals surface area contributed by atoms with Gasteiger partial charge in [0.2, 0.25) is 5.91 Å². The lowest BCUT2D eigenvalue weighted by Crippen LogP contribution is -2.28. The van der Waals surface area contributed by atoms with Crippen LogP contribution in [0.1, 0.15) is 30.7 Å². The van der Waals surface area contributed by atoms with Crippen molar-refractivity contribution in [2.24, 2.45) is 0 Å². The monoisotopic (exact) mass is 223 g/mol. The summed E-state index contributed by atoms with van der Waals surface area (Å²) in [6.45, 7) is 3.03. The topological polar surface area (TPSA) is 67.2 Å². The van der Waals surface area contributed by atoms with Gasteiger partial charge in [0.05, 0.1) is 6.54 Å². The average molecular weight is 223 g/mol. The van der Waals surface area contributed by atoms with E-state index in [0.717, 1.165) is 18.0 Å². The first-order valence-electron chi connectivity index (χ1n) is 5.66. The second-order valence-electron chi connectivity index (χ2n) is 4.18. The summed E-state index contributed by atoms with van der Waals surface area (Å²) in [4.78, 5) is 11.4. The van der Waals surface area contributed by atoms with E-state index in [1.807, 2.05) is 13.0 Å². The van der Waals surface area contributed by atoms with Gasteiger partial charge in [-0.2, -0.15) is 0 Å². The van der Waals surface area contributed by atoms with Crippen LogP contribution in [0.15, 0.2) is 10.6 Å². The lowest BCUT2D eigenvalue weighted by molar-refractivity contribution is -0.121. The zero-order valence-electron chi connectivity index (χ0n) is 9.45. The highest BCUT2D eigenvalue weighted by Crippen LogP contribution is 2.18. The molecule has 0 aromatic carbocycles. The largest absolute Gasteiger partial charge is 0.361 e. The Morgan fingerprint density at radius 2 is 2.44 bits per heavy atom. The lowest BCUT2D eigenvalue weighted by atomic mass is 10.3. The number of aryl methyl sites for hydroxylation is 1. The number of carbonyl (C=O) groups excluding carboxylic acids is 1. The molecule has 1 aromatic rings. The summed E-state index contributed by atoms with van der Waals surface area (Å²) in [5.74, 6) is 0.813. The molecule has 0 aliphatic heterocycles. The molecule has 1 saturated carbocycles. The minimum Gasteiger partial charge on any atom is -0.361 e. The second-order valence-corrected chi connectivity index (χ2v) is 4.18. The van der Waals surface area contributed by atoms with Crippen LogP contribution >= 0.6 is 0 Å². The third kappa shape index (κ3) is 3.66. The van der Waals surface area contributed by atoms with Gasteiger partial charge in [-0.25, -0.2) is 0 Å². The predicted octanol–water partition coefficient (Wildman–Crippen LogP) is 0.741. The molecule has 0 spiro atoms. The van der Waals surface area contributed by atoms with Gasteiger partial charge in [-0.3, -0.25) is 4.79 Å². The maximum absolute atomic E-state index is 11.4. The van der Waals surface area contributed by atoms with Crippen LogP contribution in [-0.4, -0.2) is 23.7 Å². The molecule has 0 unspecified atom stereocenters. The lowest BCUT2D eigenvalue weighted by Gasteiger charge is -2.03. The standard InChI is InChI=1S/C11H17N3O2/c1-8-6-10(14-16-8)7-13-11(15)4-5-12-9-2-3-9/h6,9,12H,2-5,7H2,1H3,(H,13,15). The number of hydrogen-bond donors (Lipinski definition) is 2. The van der Waals surface area contributed by atoms with Gasteiger partial charge in [0.25, 0.3) is 0 Å². The first kappa shape index (κ1) is 11.1. The van der Waals surface area contributed by atoms with E-state index < -0.39 is 0 Å². The van der Waals surface area contributed by atoms with Crippen molar-refractivity contribution in [3.63, 3.8) is 0 Å². The van der Waals surface area contributed by atoms with Crippen LogP contribution in [0.3, 0.4) is 0 Å². The van der Waals surface area contributed by atoms with Crippen molar-refractivity contribution in [1.82, 2.24) is 15.8 Å². The fourth-order valence-corrected chi connectivity index (χ4v) is 1.46. The highest BCUT2D eigenvalue weighted by molar-refractivity contribution is 5.75. The van der Waals surface area contributed by atoms with Crippen molar-refractivity contribution >= 4 is 5.91 Å². The Morgan fingerprint density at radius 3 is 3.06 bits per heavy atom. The van der Waals surface area contributed by atoms with E-state index in [4.69, 9.17) is 4.52 Å². The van der Waals surface area contributed by atoms with Crippen LogP contribution in [0.2, 0.25) is 0 Å². The molecule has 1 heterocycles. The van der Waals surface area contributed by atoms with Crippen LogP contribution < -0.4 is 10.6 Å². The zero-order chi connectivity index (χ0) is 11.4. The molecule has 1 aliphatic rings. The minimum atomic E-state index is 0.0498. The quantitative estimate of drug-likeness (QED) is 0.746. The van der Waals surface area contributed by atoms with E-state index >= 15 is 0 Å². The molecule has 1 aromatic heterocycles. The second kappa shape index (κ2) is 5.12. The number of carbonyl (C=O) groups is 1. The summed E-state index contributed by atoms with van der Waals surface area (Å²) in [5, 5.41) is 9.90. The first-order chi connectivity index (χ1) is 7.74. The smallest absolute Gasteiger partial charge is 0.221 e. The molecular formula is C11H17N3O2. The van der Waals surface area contributed by atoms with Gasteiger partial charge in [0.1, 0.15) is 11.5 Å². The fourth-order valence-electron chi connectivity index (χ4n) is 1.46. The normalized spacial score (nSPS) is 15.1. The molecule has 5 nitrogen and oxygen atoms in total. The molecule has 0 bridgehead atoms. The van der Waals surface area contributed by atoms with E-state index in [1.165, 1.54) is 12.8 Å². The summed E-state index contributed by atoms with van der Waals surface area (Å²) in [6, 6.07) is 2.48. The number of rotatable bonds is 6. The van der Waals surface area contributed by atoms with Gasteiger partial charge in [0, 0.05) is 25.1 Å². The Labute approximate surface area is 94.6 Å². The number of hydrogen-bond acceptors (Lipinski definition) is 4. The Kier molecular flexibility index (Phi) is 3.56. The Morgan fingerprint density at radius 1 is 1.62 bits per heavy atom. The summed E-state index contributed by atoms with van der Waals surface area (Å²) in [5.41, 5.74) is 0.765. The summed E-state index contributed by atoms with van der Waals surface area (Å²) in [7, 11) is 0. The van der Waals surface area contributed by atoms with Crippen LogP contribution in [0, 0.1) is 6.92 Å². The molecule has 1 aliphatic carbocycles. The van der Waals surface area contributed by atoms with Gasteiger partial charge in [0.15, 0.2) is 0 Å². The molecule has 0 radical (unpaired) electrons. The van der Waals surface area contributed by atoms with Crippen molar-refractivity contribution in [1.29, 1.82) is 0 Å². The van der Waals surface area contributed by atoms with E-state index in [-0.39, 0.29) is 5.91 Å². The number of amides is 1. The highest BCUT2D eigenvalue weighted by Gasteiger charge is 2.19. The van der Waals surface area contributed by atoms with E-state index in [1.54, 1.807) is 0 Å². The van der Waals surface area contributed by atoms with E-state index in [0.29, 0.717) is 19.0 Å². The maximum Gasteiger partial charge on any atom is 0.221 e. The molecule has 5 heteroatoms. The molecule has 1 fully saturated rings. The van der Waals surface area contributed by atoms with Crippen molar-refractivity contribution in [3.8, 4) is 0 Å². The zero-order valence-corrected chi connectivity index (χ0v) is 9.45. The molecule has 2 rings (SSSR count). The van der Waals surface area contributed by atoms with Gasteiger partial charge in [-0.05, 0) is 19.8 Å². The van der Waals surface area contributed by atoms with E-state index in [9.17, 15) is 4.79 Å². The molecule has 2 N–H and O–H groups in total. The number of nitrogens with zero attached hydrogens (tertiary/aromatic N) is 1. The van der Waals surface area contributed by atoms with Crippen molar-refractivity contribution in [3.05, 3.63) is 17.5 Å². The SMILES string of the molecule is Cc1cc(CNC(=O)CCNC2CC2)no1. The minimum absolute atomic E-state index is 0.0498. The van der Waals surface area contributed by atoms with Gasteiger partial charge < -0.3 is 15.2 Å². The molecule has 88 valence electrons. The number of aromatic nitrogens is 1. The molecule has 0 atom stereocenters.